The summed E-state index contributed by atoms with van der Waals surface area (Å²) in [6, 6.07) is 1.60. The lowest BCUT2D eigenvalue weighted by atomic mass is 10.0. The van der Waals surface area contributed by atoms with Gasteiger partial charge in [0, 0.05) is 12.1 Å². The second kappa shape index (κ2) is 6.19. The third-order valence-electron chi connectivity index (χ3n) is 4.76. The van der Waals surface area contributed by atoms with Crippen LogP contribution in [-0.2, 0) is 0 Å². The van der Waals surface area contributed by atoms with E-state index < -0.39 is 0 Å². The highest BCUT2D eigenvalue weighted by Gasteiger charge is 2.25. The van der Waals surface area contributed by atoms with Crippen molar-refractivity contribution in [2.75, 3.05) is 19.6 Å². The Morgan fingerprint density at radius 2 is 1.88 bits per heavy atom. The molecule has 1 aliphatic carbocycles. The second-order valence-electron chi connectivity index (χ2n) is 6.47. The largest absolute Gasteiger partial charge is 0.314 e. The van der Waals surface area contributed by atoms with Crippen molar-refractivity contribution in [3.8, 4) is 0 Å². The van der Waals surface area contributed by atoms with Crippen molar-refractivity contribution < 1.29 is 0 Å². The normalized spacial score (nSPS) is 30.9. The van der Waals surface area contributed by atoms with Crippen LogP contribution in [0.3, 0.4) is 0 Å². The van der Waals surface area contributed by atoms with Gasteiger partial charge in [-0.15, -0.1) is 0 Å². The van der Waals surface area contributed by atoms with Crippen LogP contribution in [0.4, 0.5) is 0 Å². The molecule has 3 atom stereocenters. The summed E-state index contributed by atoms with van der Waals surface area (Å²) in [6.45, 7) is 11.1. The van der Waals surface area contributed by atoms with Crippen LogP contribution in [-0.4, -0.2) is 36.6 Å². The number of likely N-dealkylation sites (tertiary alicyclic amines) is 1. The average Bonchev–Trinajstić information content (AvgIpc) is 3.12. The van der Waals surface area contributed by atoms with Crippen LogP contribution in [0.25, 0.3) is 0 Å². The highest BCUT2D eigenvalue weighted by Crippen LogP contribution is 2.22. The SMILES string of the molecule is CC1CCCN(C(C)C(C)CNC2CC2)CC1. The standard InChI is InChI=1S/C15H30N2/c1-12-5-4-9-17(10-8-12)14(3)13(2)11-16-15-6-7-15/h12-16H,4-11H2,1-3H3. The van der Waals surface area contributed by atoms with Gasteiger partial charge in [0.15, 0.2) is 0 Å². The number of hydrogen-bond donors (Lipinski definition) is 1. The van der Waals surface area contributed by atoms with E-state index in [4.69, 9.17) is 0 Å². The summed E-state index contributed by atoms with van der Waals surface area (Å²) in [4.78, 5) is 2.72. The highest BCUT2D eigenvalue weighted by atomic mass is 15.2. The van der Waals surface area contributed by atoms with Gasteiger partial charge in [0.05, 0.1) is 0 Å². The van der Waals surface area contributed by atoms with E-state index in [1.807, 2.05) is 0 Å². The monoisotopic (exact) mass is 238 g/mol. The quantitative estimate of drug-likeness (QED) is 0.792. The van der Waals surface area contributed by atoms with Gasteiger partial charge in [-0.05, 0) is 70.5 Å². The average molecular weight is 238 g/mol. The van der Waals surface area contributed by atoms with Gasteiger partial charge in [-0.2, -0.15) is 0 Å². The van der Waals surface area contributed by atoms with Crippen molar-refractivity contribution in [2.24, 2.45) is 11.8 Å². The molecule has 2 fully saturated rings. The molecule has 0 aromatic heterocycles. The zero-order chi connectivity index (χ0) is 12.3. The molecule has 3 unspecified atom stereocenters. The van der Waals surface area contributed by atoms with Crippen LogP contribution in [0, 0.1) is 11.8 Å². The lowest BCUT2D eigenvalue weighted by Gasteiger charge is -2.32. The van der Waals surface area contributed by atoms with Crippen molar-refractivity contribution in [1.29, 1.82) is 0 Å². The first-order valence-electron chi connectivity index (χ1n) is 7.64. The van der Waals surface area contributed by atoms with Gasteiger partial charge < -0.3 is 10.2 Å². The predicted octanol–water partition coefficient (Wildman–Crippen LogP) is 2.89. The van der Waals surface area contributed by atoms with Crippen LogP contribution in [0.2, 0.25) is 0 Å². The van der Waals surface area contributed by atoms with Crippen LogP contribution in [0.15, 0.2) is 0 Å². The molecule has 1 saturated carbocycles. The minimum atomic E-state index is 0.742. The summed E-state index contributed by atoms with van der Waals surface area (Å²) < 4.78 is 0. The number of hydrogen-bond acceptors (Lipinski definition) is 2. The Bertz CT molecular complexity index is 225. The summed E-state index contributed by atoms with van der Waals surface area (Å²) in [5.41, 5.74) is 0. The van der Waals surface area contributed by atoms with Crippen molar-refractivity contribution >= 4 is 0 Å². The minimum absolute atomic E-state index is 0.742. The van der Waals surface area contributed by atoms with Crippen molar-refractivity contribution in [2.45, 2.75) is 65.0 Å². The van der Waals surface area contributed by atoms with E-state index >= 15 is 0 Å². The Labute approximate surface area is 107 Å². The molecule has 0 amide bonds. The van der Waals surface area contributed by atoms with E-state index in [0.717, 1.165) is 23.9 Å². The zero-order valence-corrected chi connectivity index (χ0v) is 11.9. The van der Waals surface area contributed by atoms with Crippen LogP contribution in [0.1, 0.15) is 52.9 Å². The first-order chi connectivity index (χ1) is 8.16. The molecule has 0 aromatic carbocycles. The molecule has 100 valence electrons. The van der Waals surface area contributed by atoms with E-state index in [2.05, 4.69) is 31.0 Å². The minimum Gasteiger partial charge on any atom is -0.314 e. The molecule has 17 heavy (non-hydrogen) atoms. The van der Waals surface area contributed by atoms with Crippen molar-refractivity contribution in [1.82, 2.24) is 10.2 Å². The molecule has 2 nitrogen and oxygen atoms in total. The molecule has 0 bridgehead atoms. The predicted molar refractivity (Wildman–Crippen MR) is 74.2 cm³/mol. The van der Waals surface area contributed by atoms with Gasteiger partial charge in [0.2, 0.25) is 0 Å². The number of nitrogens with one attached hydrogen (secondary N) is 1. The Morgan fingerprint density at radius 3 is 2.59 bits per heavy atom. The maximum Gasteiger partial charge on any atom is 0.0105 e. The summed E-state index contributed by atoms with van der Waals surface area (Å²) >= 11 is 0. The molecule has 2 heteroatoms. The fourth-order valence-corrected chi connectivity index (χ4v) is 2.86. The van der Waals surface area contributed by atoms with E-state index in [-0.39, 0.29) is 0 Å². The maximum absolute atomic E-state index is 3.67. The highest BCUT2D eigenvalue weighted by molar-refractivity contribution is 4.84. The van der Waals surface area contributed by atoms with Gasteiger partial charge in [-0.25, -0.2) is 0 Å². The molecule has 0 radical (unpaired) electrons. The first-order valence-corrected chi connectivity index (χ1v) is 7.64. The van der Waals surface area contributed by atoms with E-state index in [1.165, 1.54) is 51.7 Å². The zero-order valence-electron chi connectivity index (χ0n) is 11.9. The van der Waals surface area contributed by atoms with Crippen LogP contribution in [0.5, 0.6) is 0 Å². The molecule has 1 N–H and O–H groups in total. The molecule has 0 spiro atoms. The summed E-state index contributed by atoms with van der Waals surface area (Å²) in [5, 5.41) is 3.67. The Hall–Kier alpha value is -0.0800. The molecule has 1 heterocycles. The molecule has 1 saturated heterocycles. The number of rotatable bonds is 5. The van der Waals surface area contributed by atoms with Gasteiger partial charge in [-0.1, -0.05) is 13.8 Å². The van der Waals surface area contributed by atoms with Gasteiger partial charge >= 0.3 is 0 Å². The Balaban J connectivity index is 1.73. The van der Waals surface area contributed by atoms with E-state index in [0.29, 0.717) is 0 Å². The maximum atomic E-state index is 3.67. The Kier molecular flexibility index (Phi) is 4.87. The van der Waals surface area contributed by atoms with Crippen LogP contribution < -0.4 is 5.32 Å². The molecular formula is C15H30N2. The molecular weight excluding hydrogens is 208 g/mol. The number of nitrogens with zero attached hydrogens (tertiary/aromatic N) is 1. The van der Waals surface area contributed by atoms with E-state index in [1.54, 1.807) is 0 Å². The smallest absolute Gasteiger partial charge is 0.0105 e. The van der Waals surface area contributed by atoms with E-state index in [9.17, 15) is 0 Å². The fraction of sp³-hybridized carbons (Fsp3) is 1.00. The molecule has 1 aliphatic heterocycles. The first kappa shape index (κ1) is 13.4. The van der Waals surface area contributed by atoms with Gasteiger partial charge in [0.1, 0.15) is 0 Å². The van der Waals surface area contributed by atoms with Crippen molar-refractivity contribution in [3.63, 3.8) is 0 Å². The molecule has 0 aromatic rings. The second-order valence-corrected chi connectivity index (χ2v) is 6.47. The third kappa shape index (κ3) is 4.26. The lowest BCUT2D eigenvalue weighted by Crippen LogP contribution is -2.42. The lowest BCUT2D eigenvalue weighted by molar-refractivity contribution is 0.163. The summed E-state index contributed by atoms with van der Waals surface area (Å²) in [7, 11) is 0. The van der Waals surface area contributed by atoms with Gasteiger partial charge in [-0.3, -0.25) is 0 Å². The van der Waals surface area contributed by atoms with Crippen LogP contribution >= 0.6 is 0 Å². The molecule has 2 aliphatic rings. The third-order valence-corrected chi connectivity index (χ3v) is 4.76. The Morgan fingerprint density at radius 1 is 1.12 bits per heavy atom. The summed E-state index contributed by atoms with van der Waals surface area (Å²) in [6.07, 6.45) is 7.03. The molecule has 2 rings (SSSR count). The summed E-state index contributed by atoms with van der Waals surface area (Å²) in [5.74, 6) is 1.72. The fourth-order valence-electron chi connectivity index (χ4n) is 2.86. The van der Waals surface area contributed by atoms with Gasteiger partial charge in [0.25, 0.3) is 0 Å². The van der Waals surface area contributed by atoms with Crippen molar-refractivity contribution in [3.05, 3.63) is 0 Å². The topological polar surface area (TPSA) is 15.3 Å².